The molecule has 0 atom stereocenters. The quantitative estimate of drug-likeness (QED) is 0.571. The van der Waals surface area contributed by atoms with Crippen LogP contribution in [0.25, 0.3) is 11.6 Å². The van der Waals surface area contributed by atoms with Gasteiger partial charge in [-0.25, -0.2) is 4.79 Å². The number of carboxylic acids is 1. The maximum atomic E-state index is 13.8. The van der Waals surface area contributed by atoms with Crippen LogP contribution in [0.2, 0.25) is 0 Å². The molecule has 154 valence electrons. The normalized spacial score (nSPS) is 18.2. The lowest BCUT2D eigenvalue weighted by atomic mass is 9.63. The summed E-state index contributed by atoms with van der Waals surface area (Å²) in [7, 11) is 0. The second-order valence-corrected chi connectivity index (χ2v) is 9.01. The first kappa shape index (κ1) is 21.2. The van der Waals surface area contributed by atoms with Crippen molar-refractivity contribution in [3.63, 3.8) is 0 Å². The van der Waals surface area contributed by atoms with Crippen LogP contribution in [0.5, 0.6) is 0 Å². The zero-order valence-electron chi connectivity index (χ0n) is 17.0. The van der Waals surface area contributed by atoms with Crippen LogP contribution in [0.4, 0.5) is 13.2 Å². The maximum absolute atomic E-state index is 13.8. The Morgan fingerprint density at radius 1 is 0.897 bits per heavy atom. The zero-order valence-corrected chi connectivity index (χ0v) is 17.0. The largest absolute Gasteiger partial charge is 0.478 e. The number of rotatable bonds is 3. The second-order valence-electron chi connectivity index (χ2n) is 9.01. The molecule has 0 fully saturated rings. The van der Waals surface area contributed by atoms with Crippen LogP contribution in [0.3, 0.4) is 0 Å². The highest BCUT2D eigenvalue weighted by molar-refractivity contribution is 5.89. The minimum Gasteiger partial charge on any atom is -0.478 e. The van der Waals surface area contributed by atoms with Crippen molar-refractivity contribution in [1.82, 2.24) is 0 Å². The van der Waals surface area contributed by atoms with E-state index in [9.17, 15) is 18.0 Å². The molecule has 3 rings (SSSR count). The first-order chi connectivity index (χ1) is 13.3. The average molecular weight is 402 g/mol. The van der Waals surface area contributed by atoms with E-state index in [4.69, 9.17) is 5.11 Å². The van der Waals surface area contributed by atoms with Gasteiger partial charge in [0.2, 0.25) is 0 Å². The number of benzene rings is 2. The number of aromatic carboxylic acids is 1. The predicted octanol–water partition coefficient (Wildman–Crippen LogP) is 6.84. The van der Waals surface area contributed by atoms with E-state index in [-0.39, 0.29) is 22.0 Å². The first-order valence-corrected chi connectivity index (χ1v) is 9.59. The molecular formula is C24H25F3O2. The Morgan fingerprint density at radius 3 is 1.93 bits per heavy atom. The Labute approximate surface area is 169 Å². The molecule has 0 amide bonds. The molecule has 0 heterocycles. The summed E-state index contributed by atoms with van der Waals surface area (Å²) in [6.45, 7) is 8.59. The molecule has 0 spiro atoms. The van der Waals surface area contributed by atoms with Crippen molar-refractivity contribution in [2.24, 2.45) is 0 Å². The number of halogens is 3. The molecule has 0 aromatic heterocycles. The molecular weight excluding hydrogens is 377 g/mol. The Morgan fingerprint density at radius 2 is 1.41 bits per heavy atom. The number of hydrogen-bond donors (Lipinski definition) is 1. The van der Waals surface area contributed by atoms with Gasteiger partial charge in [0.25, 0.3) is 0 Å². The van der Waals surface area contributed by atoms with E-state index in [1.807, 2.05) is 12.1 Å². The standard InChI is InChI=1S/C24H25F3O2/c1-22(2)11-12-23(3,4)20-14-15(5-10-18(20)22)13-19(24(25,26)27)16-6-8-17(9-7-16)21(28)29/h5-10,13-14H,11-12H2,1-4H3,(H,28,29)/b19-13+. The summed E-state index contributed by atoms with van der Waals surface area (Å²) in [5.41, 5.74) is 1.76. The van der Waals surface area contributed by atoms with Gasteiger partial charge >= 0.3 is 12.1 Å². The van der Waals surface area contributed by atoms with E-state index in [2.05, 4.69) is 27.7 Å². The average Bonchev–Trinajstić information content (AvgIpc) is 2.63. The van der Waals surface area contributed by atoms with Crippen LogP contribution in [0.15, 0.2) is 42.5 Å². The molecule has 0 bridgehead atoms. The van der Waals surface area contributed by atoms with Gasteiger partial charge in [-0.2, -0.15) is 13.2 Å². The first-order valence-electron chi connectivity index (χ1n) is 9.59. The van der Waals surface area contributed by atoms with Crippen molar-refractivity contribution < 1.29 is 23.1 Å². The number of alkyl halides is 3. The summed E-state index contributed by atoms with van der Waals surface area (Å²) in [4.78, 5) is 11.0. The molecule has 0 saturated carbocycles. The van der Waals surface area contributed by atoms with Gasteiger partial charge in [-0.1, -0.05) is 58.0 Å². The van der Waals surface area contributed by atoms with Gasteiger partial charge in [-0.15, -0.1) is 0 Å². The molecule has 29 heavy (non-hydrogen) atoms. The van der Waals surface area contributed by atoms with E-state index in [0.29, 0.717) is 5.56 Å². The van der Waals surface area contributed by atoms with Crippen molar-refractivity contribution in [2.75, 3.05) is 0 Å². The molecule has 0 saturated heterocycles. The number of allylic oxidation sites excluding steroid dienone is 1. The summed E-state index contributed by atoms with van der Waals surface area (Å²) in [5.74, 6) is -1.17. The molecule has 0 radical (unpaired) electrons. The third-order valence-corrected chi connectivity index (χ3v) is 5.94. The van der Waals surface area contributed by atoms with Crippen LogP contribution in [-0.2, 0) is 10.8 Å². The van der Waals surface area contributed by atoms with E-state index in [0.717, 1.165) is 24.5 Å². The van der Waals surface area contributed by atoms with Crippen molar-refractivity contribution in [3.8, 4) is 0 Å². The van der Waals surface area contributed by atoms with Crippen molar-refractivity contribution in [1.29, 1.82) is 0 Å². The Bertz CT molecular complexity index is 965. The number of carbonyl (C=O) groups is 1. The van der Waals surface area contributed by atoms with Crippen LogP contribution >= 0.6 is 0 Å². The molecule has 0 aliphatic heterocycles. The summed E-state index contributed by atoms with van der Waals surface area (Å²) in [6, 6.07) is 10.3. The summed E-state index contributed by atoms with van der Waals surface area (Å²) in [6.07, 6.45) is -1.40. The van der Waals surface area contributed by atoms with E-state index >= 15 is 0 Å². The van der Waals surface area contributed by atoms with Crippen LogP contribution in [-0.4, -0.2) is 17.3 Å². The van der Waals surface area contributed by atoms with Gasteiger partial charge in [0, 0.05) is 0 Å². The highest BCUT2D eigenvalue weighted by Crippen LogP contribution is 2.46. The number of carboxylic acid groups (broad SMARTS) is 1. The highest BCUT2D eigenvalue weighted by atomic mass is 19.4. The Balaban J connectivity index is 2.11. The highest BCUT2D eigenvalue weighted by Gasteiger charge is 2.38. The predicted molar refractivity (Wildman–Crippen MR) is 109 cm³/mol. The monoisotopic (exact) mass is 402 g/mol. The maximum Gasteiger partial charge on any atom is 0.417 e. The minimum absolute atomic E-state index is 0.00732. The molecule has 1 N–H and O–H groups in total. The molecule has 0 unspecified atom stereocenters. The Hall–Kier alpha value is -2.56. The lowest BCUT2D eigenvalue weighted by molar-refractivity contribution is -0.0683. The fourth-order valence-corrected chi connectivity index (χ4v) is 3.98. The van der Waals surface area contributed by atoms with Gasteiger partial charge < -0.3 is 5.11 Å². The number of hydrogen-bond acceptors (Lipinski definition) is 1. The van der Waals surface area contributed by atoms with Gasteiger partial charge in [-0.05, 0) is 64.1 Å². The molecule has 1 aliphatic rings. The van der Waals surface area contributed by atoms with Crippen molar-refractivity contribution >= 4 is 17.6 Å². The minimum atomic E-state index is -4.56. The van der Waals surface area contributed by atoms with Gasteiger partial charge in [0.15, 0.2) is 0 Å². The number of fused-ring (bicyclic) bond motifs is 1. The molecule has 2 aromatic rings. The fourth-order valence-electron chi connectivity index (χ4n) is 3.98. The fraction of sp³-hybridized carbons (Fsp3) is 0.375. The lowest BCUT2D eigenvalue weighted by Crippen LogP contribution is -2.33. The molecule has 5 heteroatoms. The smallest absolute Gasteiger partial charge is 0.417 e. The third kappa shape index (κ3) is 4.24. The molecule has 2 aromatic carbocycles. The van der Waals surface area contributed by atoms with E-state index in [1.165, 1.54) is 29.8 Å². The van der Waals surface area contributed by atoms with Gasteiger partial charge in [0.05, 0.1) is 11.1 Å². The topological polar surface area (TPSA) is 37.3 Å². The summed E-state index contributed by atoms with van der Waals surface area (Å²) < 4.78 is 41.3. The van der Waals surface area contributed by atoms with Crippen LogP contribution in [0.1, 0.15) is 73.1 Å². The molecule has 2 nitrogen and oxygen atoms in total. The van der Waals surface area contributed by atoms with Gasteiger partial charge in [0.1, 0.15) is 0 Å². The van der Waals surface area contributed by atoms with E-state index < -0.39 is 17.7 Å². The Kier molecular flexibility index (Phi) is 5.14. The summed E-state index contributed by atoms with van der Waals surface area (Å²) >= 11 is 0. The zero-order chi connectivity index (χ0) is 21.6. The van der Waals surface area contributed by atoms with Crippen molar-refractivity contribution in [2.45, 2.75) is 57.5 Å². The van der Waals surface area contributed by atoms with Gasteiger partial charge in [-0.3, -0.25) is 0 Å². The van der Waals surface area contributed by atoms with E-state index in [1.54, 1.807) is 6.07 Å². The van der Waals surface area contributed by atoms with Crippen molar-refractivity contribution in [3.05, 3.63) is 70.3 Å². The third-order valence-electron chi connectivity index (χ3n) is 5.94. The van der Waals surface area contributed by atoms with Crippen LogP contribution < -0.4 is 0 Å². The van der Waals surface area contributed by atoms with Crippen LogP contribution in [0, 0.1) is 0 Å². The lowest BCUT2D eigenvalue weighted by Gasteiger charge is -2.42. The summed E-state index contributed by atoms with van der Waals surface area (Å²) in [5, 5.41) is 8.98. The molecule has 1 aliphatic carbocycles. The second kappa shape index (κ2) is 7.05. The SMILES string of the molecule is CC1(C)CCC(C)(C)c2cc(/C=C(\c3ccc(C(=O)O)cc3)C(F)(F)F)ccc21.